The van der Waals surface area contributed by atoms with Gasteiger partial charge in [-0.2, -0.15) is 0 Å². The smallest absolute Gasteiger partial charge is 0.254 e. The average molecular weight is 561 g/mol. The maximum atomic E-state index is 13.3. The first-order valence-electron chi connectivity index (χ1n) is 12.9. The molecular formula is C29H35Cl2N3O4. The van der Waals surface area contributed by atoms with Crippen molar-refractivity contribution in [2.24, 2.45) is 0 Å². The van der Waals surface area contributed by atoms with Crippen molar-refractivity contribution in [1.29, 1.82) is 0 Å². The lowest BCUT2D eigenvalue weighted by molar-refractivity contribution is -0.0178. The molecule has 1 aliphatic heterocycles. The minimum atomic E-state index is -0.905. The lowest BCUT2D eigenvalue weighted by Crippen LogP contribution is -2.50. The van der Waals surface area contributed by atoms with Crippen LogP contribution in [0.15, 0.2) is 71.3 Å². The number of piperazine rings is 1. The van der Waals surface area contributed by atoms with E-state index in [1.807, 2.05) is 55.6 Å². The standard InChI is InChI=1S/C29H35Cl2N3O4/c1-32(29(37)21-7-3-2-4-8-21)25(22-11-12-23(30)24(31)19-22)9-5-13-33-14-16-34(17-15-33)28(26(36)20-35)27-10-6-18-38-27/h2-4,6-8,10-12,18-19,25-26,28,35-36H,5,9,13-17,20H2,1H3/t25-,26+,28-/m0/s1. The fraction of sp³-hybridized carbons (Fsp3) is 0.414. The van der Waals surface area contributed by atoms with Crippen LogP contribution in [-0.4, -0.2) is 83.3 Å². The molecule has 9 heteroatoms. The SMILES string of the molecule is CN(C(=O)c1ccccc1)[C@@H](CCCN1CCN([C@H](c2ccco2)[C@H](O)CO)CC1)c1ccc(Cl)c(Cl)c1. The van der Waals surface area contributed by atoms with E-state index in [1.54, 1.807) is 23.3 Å². The second-order valence-electron chi connectivity index (χ2n) is 9.70. The Morgan fingerprint density at radius 3 is 2.39 bits per heavy atom. The van der Waals surface area contributed by atoms with Crippen molar-refractivity contribution >= 4 is 29.1 Å². The normalized spacial score (nSPS) is 17.2. The summed E-state index contributed by atoms with van der Waals surface area (Å²) in [7, 11) is 1.84. The Morgan fingerprint density at radius 1 is 1.03 bits per heavy atom. The molecular weight excluding hydrogens is 525 g/mol. The first-order valence-corrected chi connectivity index (χ1v) is 13.7. The van der Waals surface area contributed by atoms with Gasteiger partial charge in [0.15, 0.2) is 0 Å². The number of carbonyl (C=O) groups is 1. The summed E-state index contributed by atoms with van der Waals surface area (Å²) in [5.41, 5.74) is 1.60. The van der Waals surface area contributed by atoms with Gasteiger partial charge in [0.25, 0.3) is 5.91 Å². The fourth-order valence-corrected chi connectivity index (χ4v) is 5.48. The molecule has 0 radical (unpaired) electrons. The van der Waals surface area contributed by atoms with Crippen LogP contribution in [0.2, 0.25) is 10.0 Å². The summed E-state index contributed by atoms with van der Waals surface area (Å²) in [5, 5.41) is 20.9. The molecule has 2 aromatic carbocycles. The number of rotatable bonds is 11. The zero-order valence-corrected chi connectivity index (χ0v) is 23.1. The van der Waals surface area contributed by atoms with Crippen molar-refractivity contribution < 1.29 is 19.4 Å². The molecule has 2 heterocycles. The highest BCUT2D eigenvalue weighted by atomic mass is 35.5. The molecule has 38 heavy (non-hydrogen) atoms. The summed E-state index contributed by atoms with van der Waals surface area (Å²) in [6, 6.07) is 18.0. The summed E-state index contributed by atoms with van der Waals surface area (Å²) >= 11 is 12.5. The summed E-state index contributed by atoms with van der Waals surface area (Å²) in [6.07, 6.45) is 2.34. The number of aliphatic hydroxyl groups excluding tert-OH is 2. The predicted octanol–water partition coefficient (Wildman–Crippen LogP) is 4.89. The Bertz CT molecular complexity index is 1150. The molecule has 1 aliphatic rings. The van der Waals surface area contributed by atoms with Gasteiger partial charge in [-0.05, 0) is 61.3 Å². The van der Waals surface area contributed by atoms with Crippen LogP contribution >= 0.6 is 23.2 Å². The van der Waals surface area contributed by atoms with Gasteiger partial charge in [-0.25, -0.2) is 0 Å². The number of furan rings is 1. The van der Waals surface area contributed by atoms with E-state index in [4.69, 9.17) is 27.6 Å². The Labute approximate surface area is 234 Å². The van der Waals surface area contributed by atoms with E-state index in [1.165, 1.54) is 0 Å². The van der Waals surface area contributed by atoms with Crippen LogP contribution in [0.5, 0.6) is 0 Å². The number of hydrogen-bond acceptors (Lipinski definition) is 6. The molecule has 1 fully saturated rings. The summed E-state index contributed by atoms with van der Waals surface area (Å²) in [4.78, 5) is 19.6. The highest BCUT2D eigenvalue weighted by molar-refractivity contribution is 6.42. The molecule has 7 nitrogen and oxygen atoms in total. The zero-order chi connectivity index (χ0) is 27.1. The van der Waals surface area contributed by atoms with Crippen LogP contribution in [0.3, 0.4) is 0 Å². The van der Waals surface area contributed by atoms with Crippen molar-refractivity contribution in [1.82, 2.24) is 14.7 Å². The number of aliphatic hydroxyl groups is 2. The summed E-state index contributed by atoms with van der Waals surface area (Å²) in [5.74, 6) is 0.622. The van der Waals surface area contributed by atoms with E-state index in [0.717, 1.165) is 51.1 Å². The Kier molecular flexibility index (Phi) is 10.2. The second kappa shape index (κ2) is 13.6. The molecule has 204 valence electrons. The van der Waals surface area contributed by atoms with E-state index in [2.05, 4.69) is 9.80 Å². The average Bonchev–Trinajstić information content (AvgIpc) is 3.47. The minimum Gasteiger partial charge on any atom is -0.468 e. The van der Waals surface area contributed by atoms with Crippen molar-refractivity contribution in [2.75, 3.05) is 46.4 Å². The number of nitrogens with zero attached hydrogens (tertiary/aromatic N) is 3. The third-order valence-corrected chi connectivity index (χ3v) is 8.01. The van der Waals surface area contributed by atoms with Gasteiger partial charge < -0.3 is 24.4 Å². The highest BCUT2D eigenvalue weighted by Crippen LogP contribution is 2.32. The number of benzene rings is 2. The van der Waals surface area contributed by atoms with E-state index >= 15 is 0 Å². The van der Waals surface area contributed by atoms with Gasteiger partial charge in [0.05, 0.1) is 41.1 Å². The third-order valence-electron chi connectivity index (χ3n) is 7.28. The monoisotopic (exact) mass is 559 g/mol. The number of hydrogen-bond donors (Lipinski definition) is 2. The molecule has 0 spiro atoms. The quantitative estimate of drug-likeness (QED) is 0.348. The third kappa shape index (κ3) is 6.97. The lowest BCUT2D eigenvalue weighted by Gasteiger charge is -2.40. The minimum absolute atomic E-state index is 0.0401. The second-order valence-corrected chi connectivity index (χ2v) is 10.5. The van der Waals surface area contributed by atoms with Gasteiger partial charge in [-0.15, -0.1) is 0 Å². The van der Waals surface area contributed by atoms with Crippen LogP contribution in [0.4, 0.5) is 0 Å². The molecule has 0 saturated carbocycles. The molecule has 4 rings (SSSR count). The zero-order valence-electron chi connectivity index (χ0n) is 21.5. The van der Waals surface area contributed by atoms with Crippen LogP contribution in [0.1, 0.15) is 46.6 Å². The van der Waals surface area contributed by atoms with Crippen LogP contribution in [-0.2, 0) is 0 Å². The van der Waals surface area contributed by atoms with Crippen LogP contribution < -0.4 is 0 Å². The van der Waals surface area contributed by atoms with Crippen LogP contribution in [0.25, 0.3) is 0 Å². The van der Waals surface area contributed by atoms with Crippen molar-refractivity contribution in [3.63, 3.8) is 0 Å². The molecule has 0 aliphatic carbocycles. The first kappa shape index (κ1) is 28.6. The molecule has 2 N–H and O–H groups in total. The van der Waals surface area contributed by atoms with Gasteiger partial charge in [-0.3, -0.25) is 9.69 Å². The molecule has 1 saturated heterocycles. The maximum absolute atomic E-state index is 13.3. The van der Waals surface area contributed by atoms with Gasteiger partial charge in [0, 0.05) is 38.8 Å². The number of halogens is 2. The van der Waals surface area contributed by atoms with Gasteiger partial charge in [0.1, 0.15) is 5.76 Å². The first-order chi connectivity index (χ1) is 18.4. The molecule has 3 atom stereocenters. The summed E-state index contributed by atoms with van der Waals surface area (Å²) < 4.78 is 5.55. The van der Waals surface area contributed by atoms with E-state index in [9.17, 15) is 15.0 Å². The summed E-state index contributed by atoms with van der Waals surface area (Å²) in [6.45, 7) is 3.75. The molecule has 1 aromatic heterocycles. The highest BCUT2D eigenvalue weighted by Gasteiger charge is 2.32. The molecule has 0 bridgehead atoms. The van der Waals surface area contributed by atoms with E-state index < -0.39 is 6.10 Å². The fourth-order valence-electron chi connectivity index (χ4n) is 5.18. The molecule has 1 amide bonds. The van der Waals surface area contributed by atoms with Crippen molar-refractivity contribution in [2.45, 2.75) is 31.0 Å². The Hall–Kier alpha value is -2.39. The number of carbonyl (C=O) groups excluding carboxylic acids is 1. The van der Waals surface area contributed by atoms with Crippen molar-refractivity contribution in [3.05, 3.63) is 93.9 Å². The Morgan fingerprint density at radius 2 is 1.76 bits per heavy atom. The number of amides is 1. The van der Waals surface area contributed by atoms with Gasteiger partial charge in [0.2, 0.25) is 0 Å². The molecule has 0 unspecified atom stereocenters. The van der Waals surface area contributed by atoms with Gasteiger partial charge in [-0.1, -0.05) is 47.5 Å². The largest absolute Gasteiger partial charge is 0.468 e. The topological polar surface area (TPSA) is 80.4 Å². The van der Waals surface area contributed by atoms with Crippen molar-refractivity contribution in [3.8, 4) is 0 Å². The lowest BCUT2D eigenvalue weighted by atomic mass is 9.99. The van der Waals surface area contributed by atoms with E-state index in [0.29, 0.717) is 21.4 Å². The van der Waals surface area contributed by atoms with E-state index in [-0.39, 0.29) is 24.6 Å². The molecule has 3 aromatic rings. The Balaban J connectivity index is 1.38. The van der Waals surface area contributed by atoms with Gasteiger partial charge >= 0.3 is 0 Å². The maximum Gasteiger partial charge on any atom is 0.254 e. The predicted molar refractivity (Wildman–Crippen MR) is 150 cm³/mol. The van der Waals surface area contributed by atoms with Crippen LogP contribution in [0, 0.1) is 0 Å².